The molecule has 0 bridgehead atoms. The number of amides is 2. The quantitative estimate of drug-likeness (QED) is 0.178. The van der Waals surface area contributed by atoms with E-state index in [-0.39, 0.29) is 5.75 Å². The highest BCUT2D eigenvalue weighted by Gasteiger charge is 2.15. The molecule has 0 aliphatic carbocycles. The van der Waals surface area contributed by atoms with Crippen molar-refractivity contribution >= 4 is 57.2 Å². The van der Waals surface area contributed by atoms with E-state index in [9.17, 15) is 14.4 Å². The van der Waals surface area contributed by atoms with Crippen molar-refractivity contribution in [2.45, 2.75) is 0 Å². The van der Waals surface area contributed by atoms with Gasteiger partial charge in [-0.2, -0.15) is 5.10 Å². The van der Waals surface area contributed by atoms with E-state index < -0.39 is 17.8 Å². The van der Waals surface area contributed by atoms with Gasteiger partial charge in [-0.3, -0.25) is 9.59 Å². The van der Waals surface area contributed by atoms with Gasteiger partial charge in [0.1, 0.15) is 5.75 Å². The first-order chi connectivity index (χ1) is 14.9. The smallest absolute Gasteiger partial charge is 0.343 e. The van der Waals surface area contributed by atoms with Crippen LogP contribution in [0.3, 0.4) is 0 Å². The summed E-state index contributed by atoms with van der Waals surface area (Å²) in [7, 11) is 0. The van der Waals surface area contributed by atoms with Crippen LogP contribution in [0.25, 0.3) is 0 Å². The fourth-order valence-electron chi connectivity index (χ4n) is 2.40. The van der Waals surface area contributed by atoms with E-state index in [4.69, 9.17) is 16.3 Å². The highest BCUT2D eigenvalue weighted by molar-refractivity contribution is 9.10. The number of hydrogen-bond donors (Lipinski definition) is 2. The SMILES string of the molecule is O=C(N/N=C\c1cc(Br)ccc1OC(=O)c1ccccc1)C(=O)Nc1ccccc1Cl. The van der Waals surface area contributed by atoms with Crippen LogP contribution in [0.15, 0.2) is 82.4 Å². The largest absolute Gasteiger partial charge is 0.422 e. The van der Waals surface area contributed by atoms with Crippen molar-refractivity contribution < 1.29 is 19.1 Å². The molecular weight excluding hydrogens is 486 g/mol. The fourth-order valence-corrected chi connectivity index (χ4v) is 2.96. The zero-order valence-electron chi connectivity index (χ0n) is 15.8. The number of nitrogens with zero attached hydrogens (tertiary/aromatic N) is 1. The number of carbonyl (C=O) groups is 3. The van der Waals surface area contributed by atoms with Gasteiger partial charge in [0.05, 0.1) is 22.5 Å². The second-order valence-corrected chi connectivity index (χ2v) is 7.39. The van der Waals surface area contributed by atoms with Crippen molar-refractivity contribution in [2.24, 2.45) is 5.10 Å². The van der Waals surface area contributed by atoms with Crippen LogP contribution in [-0.4, -0.2) is 24.0 Å². The molecule has 0 spiro atoms. The molecule has 0 saturated carbocycles. The molecule has 3 rings (SSSR count). The van der Waals surface area contributed by atoms with Crippen molar-refractivity contribution in [1.82, 2.24) is 5.43 Å². The molecule has 9 heteroatoms. The van der Waals surface area contributed by atoms with Gasteiger partial charge in [-0.15, -0.1) is 0 Å². The Morgan fingerprint density at radius 2 is 1.65 bits per heavy atom. The average molecular weight is 501 g/mol. The number of para-hydroxylation sites is 1. The number of nitrogens with one attached hydrogen (secondary N) is 2. The Morgan fingerprint density at radius 1 is 0.935 bits per heavy atom. The second kappa shape index (κ2) is 10.5. The van der Waals surface area contributed by atoms with Gasteiger partial charge < -0.3 is 10.1 Å². The minimum absolute atomic E-state index is 0.232. The van der Waals surface area contributed by atoms with Gasteiger partial charge in [0, 0.05) is 10.0 Å². The van der Waals surface area contributed by atoms with Crippen molar-refractivity contribution in [3.8, 4) is 5.75 Å². The Morgan fingerprint density at radius 3 is 2.39 bits per heavy atom. The molecule has 0 radical (unpaired) electrons. The Kier molecular flexibility index (Phi) is 7.53. The van der Waals surface area contributed by atoms with Crippen LogP contribution in [-0.2, 0) is 9.59 Å². The van der Waals surface area contributed by atoms with Crippen LogP contribution in [0.1, 0.15) is 15.9 Å². The number of benzene rings is 3. The number of esters is 1. The monoisotopic (exact) mass is 499 g/mol. The predicted octanol–water partition coefficient (Wildman–Crippen LogP) is 4.41. The topological polar surface area (TPSA) is 96.9 Å². The van der Waals surface area contributed by atoms with Crippen LogP contribution in [0.4, 0.5) is 5.69 Å². The van der Waals surface area contributed by atoms with Gasteiger partial charge in [-0.25, -0.2) is 10.2 Å². The maximum atomic E-state index is 12.3. The molecule has 2 amide bonds. The number of ether oxygens (including phenoxy) is 1. The van der Waals surface area contributed by atoms with E-state index in [0.717, 1.165) is 0 Å². The lowest BCUT2D eigenvalue weighted by Crippen LogP contribution is -2.32. The average Bonchev–Trinajstić information content (AvgIpc) is 2.77. The highest BCUT2D eigenvalue weighted by Crippen LogP contribution is 2.23. The molecule has 0 aromatic heterocycles. The number of anilines is 1. The summed E-state index contributed by atoms with van der Waals surface area (Å²) >= 11 is 9.28. The molecule has 3 aromatic carbocycles. The molecular formula is C22H15BrClN3O4. The van der Waals surface area contributed by atoms with Crippen LogP contribution >= 0.6 is 27.5 Å². The van der Waals surface area contributed by atoms with Gasteiger partial charge in [0.2, 0.25) is 0 Å². The lowest BCUT2D eigenvalue weighted by molar-refractivity contribution is -0.136. The molecule has 0 unspecified atom stereocenters. The van der Waals surface area contributed by atoms with Crippen molar-refractivity contribution in [1.29, 1.82) is 0 Å². The molecule has 0 atom stereocenters. The maximum absolute atomic E-state index is 12.3. The Labute approximate surface area is 191 Å². The summed E-state index contributed by atoms with van der Waals surface area (Å²) in [6.45, 7) is 0. The molecule has 3 aromatic rings. The summed E-state index contributed by atoms with van der Waals surface area (Å²) in [5.41, 5.74) is 3.22. The number of hydrazone groups is 1. The highest BCUT2D eigenvalue weighted by atomic mass is 79.9. The number of rotatable bonds is 5. The molecule has 0 aliphatic rings. The first kappa shape index (κ1) is 22.2. The van der Waals surface area contributed by atoms with E-state index in [1.807, 2.05) is 0 Å². The molecule has 7 nitrogen and oxygen atoms in total. The number of carbonyl (C=O) groups excluding carboxylic acids is 3. The zero-order valence-corrected chi connectivity index (χ0v) is 18.2. The van der Waals surface area contributed by atoms with Gasteiger partial charge in [-0.05, 0) is 42.5 Å². The molecule has 0 saturated heterocycles. The van der Waals surface area contributed by atoms with E-state index in [1.54, 1.807) is 72.8 Å². The van der Waals surface area contributed by atoms with Crippen molar-refractivity contribution in [3.63, 3.8) is 0 Å². The maximum Gasteiger partial charge on any atom is 0.343 e. The number of halogens is 2. The summed E-state index contributed by atoms with van der Waals surface area (Å²) < 4.78 is 6.13. The lowest BCUT2D eigenvalue weighted by Gasteiger charge is -2.08. The Balaban J connectivity index is 1.67. The summed E-state index contributed by atoms with van der Waals surface area (Å²) in [5.74, 6) is -2.24. The second-order valence-electron chi connectivity index (χ2n) is 6.07. The Bertz CT molecular complexity index is 1150. The third kappa shape index (κ3) is 6.24. The first-order valence-corrected chi connectivity index (χ1v) is 10.1. The van der Waals surface area contributed by atoms with E-state index in [1.165, 1.54) is 6.21 Å². The molecule has 156 valence electrons. The minimum atomic E-state index is -0.992. The van der Waals surface area contributed by atoms with Crippen LogP contribution in [0.5, 0.6) is 5.75 Å². The van der Waals surface area contributed by atoms with Gasteiger partial charge >= 0.3 is 17.8 Å². The molecule has 31 heavy (non-hydrogen) atoms. The normalized spacial score (nSPS) is 10.5. The lowest BCUT2D eigenvalue weighted by atomic mass is 10.2. The number of hydrogen-bond acceptors (Lipinski definition) is 5. The third-order valence-electron chi connectivity index (χ3n) is 3.88. The molecule has 0 heterocycles. The molecule has 0 aliphatic heterocycles. The summed E-state index contributed by atoms with van der Waals surface area (Å²) in [6, 6.07) is 19.9. The fraction of sp³-hybridized carbons (Fsp3) is 0. The van der Waals surface area contributed by atoms with Crippen LogP contribution in [0, 0.1) is 0 Å². The van der Waals surface area contributed by atoms with Gasteiger partial charge in [0.15, 0.2) is 0 Å². The minimum Gasteiger partial charge on any atom is -0.422 e. The first-order valence-electron chi connectivity index (χ1n) is 8.90. The molecule has 0 fully saturated rings. The third-order valence-corrected chi connectivity index (χ3v) is 4.70. The van der Waals surface area contributed by atoms with Crippen LogP contribution in [0.2, 0.25) is 5.02 Å². The summed E-state index contributed by atoms with van der Waals surface area (Å²) in [4.78, 5) is 36.3. The van der Waals surface area contributed by atoms with Crippen LogP contribution < -0.4 is 15.5 Å². The predicted molar refractivity (Wildman–Crippen MR) is 121 cm³/mol. The van der Waals surface area contributed by atoms with E-state index in [2.05, 4.69) is 31.8 Å². The standard InChI is InChI=1S/C22H15BrClN3O4/c23-16-10-11-19(31-22(30)14-6-2-1-3-7-14)15(12-16)13-25-27-21(29)20(28)26-18-9-5-4-8-17(18)24/h1-13H,(H,26,28)(H,27,29)/b25-13-. The van der Waals surface area contributed by atoms with Gasteiger partial charge in [-0.1, -0.05) is 57.9 Å². The van der Waals surface area contributed by atoms with E-state index in [0.29, 0.717) is 26.3 Å². The molecule has 2 N–H and O–H groups in total. The summed E-state index contributed by atoms with van der Waals surface area (Å²) in [5, 5.41) is 6.47. The zero-order chi connectivity index (χ0) is 22.2. The van der Waals surface area contributed by atoms with Crippen molar-refractivity contribution in [3.05, 3.63) is 93.4 Å². The van der Waals surface area contributed by atoms with Crippen molar-refractivity contribution in [2.75, 3.05) is 5.32 Å². The Hall–Kier alpha value is -3.49. The van der Waals surface area contributed by atoms with E-state index >= 15 is 0 Å². The summed E-state index contributed by atoms with van der Waals surface area (Å²) in [6.07, 6.45) is 1.26. The van der Waals surface area contributed by atoms with Gasteiger partial charge in [0.25, 0.3) is 0 Å².